The first kappa shape index (κ1) is 19.6. The summed E-state index contributed by atoms with van der Waals surface area (Å²) in [5.74, 6) is 0.388. The van der Waals surface area contributed by atoms with Gasteiger partial charge in [-0.25, -0.2) is 9.82 Å². The Labute approximate surface area is 176 Å². The molecule has 2 heterocycles. The molecule has 4 N–H and O–H groups in total. The van der Waals surface area contributed by atoms with Crippen molar-refractivity contribution < 1.29 is 14.8 Å². The van der Waals surface area contributed by atoms with Crippen LogP contribution in [0.4, 0.5) is 34.5 Å². The number of hydrogen-bond donors (Lipinski definition) is 4. The number of amides is 1. The number of nitrogens with zero attached hydrogens (tertiary/aromatic N) is 3. The van der Waals surface area contributed by atoms with Gasteiger partial charge in [0, 0.05) is 22.6 Å². The first-order chi connectivity index (χ1) is 14.5. The molecule has 0 fully saturated rings. The molecule has 152 valence electrons. The van der Waals surface area contributed by atoms with Crippen LogP contribution in [-0.2, 0) is 16.2 Å². The fourth-order valence-corrected chi connectivity index (χ4v) is 2.93. The van der Waals surface area contributed by atoms with E-state index in [0.717, 1.165) is 10.8 Å². The van der Waals surface area contributed by atoms with Gasteiger partial charge in [0.05, 0.1) is 6.20 Å². The van der Waals surface area contributed by atoms with E-state index < -0.39 is 0 Å². The van der Waals surface area contributed by atoms with Crippen molar-refractivity contribution in [2.45, 2.75) is 6.61 Å². The predicted octanol–water partition coefficient (Wildman–Crippen LogP) is 4.38. The van der Waals surface area contributed by atoms with E-state index in [-0.39, 0.29) is 5.91 Å². The Balaban J connectivity index is 1.53. The van der Waals surface area contributed by atoms with Gasteiger partial charge < -0.3 is 16.0 Å². The summed E-state index contributed by atoms with van der Waals surface area (Å²) in [5.41, 5.74) is 3.35. The van der Waals surface area contributed by atoms with Crippen LogP contribution in [0.15, 0.2) is 61.3 Å². The Bertz CT molecular complexity index is 1120. The third-order valence-electron chi connectivity index (χ3n) is 4.21. The van der Waals surface area contributed by atoms with Gasteiger partial charge in [-0.3, -0.25) is 10.0 Å². The molecule has 4 rings (SSSR count). The first-order valence-electron chi connectivity index (χ1n) is 8.87. The molecular weight excluding hydrogens is 408 g/mol. The maximum Gasteiger partial charge on any atom is 0.247 e. The molecule has 2 aromatic carbocycles. The van der Waals surface area contributed by atoms with Crippen molar-refractivity contribution in [3.63, 3.8) is 0 Å². The third-order valence-corrected chi connectivity index (χ3v) is 4.49. The summed E-state index contributed by atoms with van der Waals surface area (Å²) >= 11 is 6.24. The molecule has 1 aliphatic rings. The Morgan fingerprint density at radius 2 is 2.00 bits per heavy atom. The van der Waals surface area contributed by atoms with Gasteiger partial charge in [-0.05, 0) is 36.4 Å². The molecule has 1 aromatic heterocycles. The van der Waals surface area contributed by atoms with E-state index >= 15 is 0 Å². The van der Waals surface area contributed by atoms with Gasteiger partial charge in [-0.15, -0.1) is 5.23 Å². The zero-order valence-electron chi connectivity index (χ0n) is 15.6. The molecule has 9 nitrogen and oxygen atoms in total. The molecule has 0 radical (unpaired) electrons. The van der Waals surface area contributed by atoms with Crippen molar-refractivity contribution in [2.75, 3.05) is 21.2 Å². The van der Waals surface area contributed by atoms with Crippen LogP contribution in [0, 0.1) is 0 Å². The fourth-order valence-electron chi connectivity index (χ4n) is 2.79. The second-order valence-electron chi connectivity index (χ2n) is 6.30. The van der Waals surface area contributed by atoms with E-state index in [4.69, 9.17) is 16.4 Å². The number of carbonyl (C=O) groups excluding carboxylic acids is 1. The highest BCUT2D eigenvalue weighted by Crippen LogP contribution is 2.32. The van der Waals surface area contributed by atoms with E-state index in [1.807, 2.05) is 18.2 Å². The number of fused-ring (bicyclic) bond motifs is 1. The smallest absolute Gasteiger partial charge is 0.247 e. The van der Waals surface area contributed by atoms with Crippen LogP contribution >= 0.6 is 11.6 Å². The van der Waals surface area contributed by atoms with Crippen molar-refractivity contribution >= 4 is 52.0 Å². The number of halogens is 1. The molecular formula is C20H17ClN6O3. The molecule has 0 saturated carbocycles. The zero-order chi connectivity index (χ0) is 21.1. The molecule has 0 unspecified atom stereocenters. The number of nitrogens with one attached hydrogen (secondary N) is 3. The first-order valence-corrected chi connectivity index (χ1v) is 9.24. The Morgan fingerprint density at radius 3 is 2.83 bits per heavy atom. The number of rotatable bonds is 6. The summed E-state index contributed by atoms with van der Waals surface area (Å²) in [7, 11) is 0. The van der Waals surface area contributed by atoms with Crippen molar-refractivity contribution in [1.29, 1.82) is 0 Å². The summed E-state index contributed by atoms with van der Waals surface area (Å²) in [4.78, 5) is 25.1. The topological polar surface area (TPSA) is 112 Å². The van der Waals surface area contributed by atoms with E-state index in [1.165, 1.54) is 12.3 Å². The van der Waals surface area contributed by atoms with Gasteiger partial charge in [0.2, 0.25) is 11.9 Å². The molecule has 30 heavy (non-hydrogen) atoms. The molecule has 1 amide bonds. The number of hydrogen-bond acceptors (Lipinski definition) is 8. The monoisotopic (exact) mass is 424 g/mol. The molecule has 0 spiro atoms. The van der Waals surface area contributed by atoms with Crippen LogP contribution in [0.1, 0.15) is 5.56 Å². The molecule has 3 aromatic rings. The Kier molecular flexibility index (Phi) is 5.48. The van der Waals surface area contributed by atoms with Gasteiger partial charge >= 0.3 is 0 Å². The van der Waals surface area contributed by atoms with Crippen molar-refractivity contribution in [2.24, 2.45) is 0 Å². The molecule has 10 heteroatoms. The van der Waals surface area contributed by atoms with E-state index in [9.17, 15) is 10.0 Å². The molecule has 0 saturated heterocycles. The highest BCUT2D eigenvalue weighted by molar-refractivity contribution is 6.32. The second-order valence-corrected chi connectivity index (χ2v) is 6.71. The molecule has 0 atom stereocenters. The number of carbonyl (C=O) groups is 1. The SMILES string of the molecule is C=CC(=O)Nc1cccc(Nc2ncc(Cl)c(Nc3ccc4c(c3)N(O)OC4)n2)c1. The predicted molar refractivity (Wildman–Crippen MR) is 114 cm³/mol. The molecule has 0 aliphatic carbocycles. The average molecular weight is 425 g/mol. The third kappa shape index (κ3) is 4.33. The van der Waals surface area contributed by atoms with E-state index in [1.54, 1.807) is 24.3 Å². The lowest BCUT2D eigenvalue weighted by Crippen LogP contribution is -2.11. The minimum atomic E-state index is -0.303. The summed E-state index contributed by atoms with van der Waals surface area (Å²) in [6, 6.07) is 12.5. The number of aromatic nitrogens is 2. The minimum Gasteiger partial charge on any atom is -0.339 e. The lowest BCUT2D eigenvalue weighted by atomic mass is 10.2. The van der Waals surface area contributed by atoms with Crippen LogP contribution in [0.2, 0.25) is 5.02 Å². The fraction of sp³-hybridized carbons (Fsp3) is 0.0500. The van der Waals surface area contributed by atoms with Crippen molar-refractivity contribution in [3.05, 3.63) is 71.9 Å². The Hall–Kier alpha value is -3.66. The molecule has 1 aliphatic heterocycles. The van der Waals surface area contributed by atoms with E-state index in [2.05, 4.69) is 32.5 Å². The maximum atomic E-state index is 11.5. The van der Waals surface area contributed by atoms with Gasteiger partial charge in [0.1, 0.15) is 17.3 Å². The number of anilines is 6. The lowest BCUT2D eigenvalue weighted by Gasteiger charge is -2.12. The van der Waals surface area contributed by atoms with Crippen molar-refractivity contribution in [1.82, 2.24) is 9.97 Å². The average Bonchev–Trinajstić information content (AvgIpc) is 3.11. The van der Waals surface area contributed by atoms with Crippen LogP contribution in [0.25, 0.3) is 0 Å². The maximum absolute atomic E-state index is 11.5. The van der Waals surface area contributed by atoms with Gasteiger partial charge in [0.15, 0.2) is 5.82 Å². The van der Waals surface area contributed by atoms with Gasteiger partial charge in [0.25, 0.3) is 0 Å². The summed E-state index contributed by atoms with van der Waals surface area (Å²) < 4.78 is 0. The van der Waals surface area contributed by atoms with Crippen LogP contribution < -0.4 is 21.2 Å². The largest absolute Gasteiger partial charge is 0.339 e. The zero-order valence-corrected chi connectivity index (χ0v) is 16.3. The van der Waals surface area contributed by atoms with E-state index in [0.29, 0.717) is 46.1 Å². The van der Waals surface area contributed by atoms with Gasteiger partial charge in [-0.2, -0.15) is 4.98 Å². The minimum absolute atomic E-state index is 0.303. The highest BCUT2D eigenvalue weighted by atomic mass is 35.5. The van der Waals surface area contributed by atoms with Crippen molar-refractivity contribution in [3.8, 4) is 0 Å². The summed E-state index contributed by atoms with van der Waals surface area (Å²) in [6.45, 7) is 3.74. The highest BCUT2D eigenvalue weighted by Gasteiger charge is 2.19. The summed E-state index contributed by atoms with van der Waals surface area (Å²) in [6.07, 6.45) is 2.67. The van der Waals surface area contributed by atoms with Crippen LogP contribution in [0.3, 0.4) is 0 Å². The normalized spacial score (nSPS) is 12.3. The van der Waals surface area contributed by atoms with Gasteiger partial charge in [-0.1, -0.05) is 30.3 Å². The summed E-state index contributed by atoms with van der Waals surface area (Å²) in [5, 5.41) is 19.6. The van der Waals surface area contributed by atoms with Crippen LogP contribution in [0.5, 0.6) is 0 Å². The quantitative estimate of drug-likeness (QED) is 0.431. The molecule has 0 bridgehead atoms. The lowest BCUT2D eigenvalue weighted by molar-refractivity contribution is -0.111. The Morgan fingerprint density at radius 1 is 1.20 bits per heavy atom. The number of benzene rings is 2. The van der Waals surface area contributed by atoms with Crippen LogP contribution in [-0.4, -0.2) is 21.1 Å². The second kappa shape index (κ2) is 8.37. The standard InChI is InChI=1S/C20H17ClN6O3/c1-2-18(28)23-13-4-3-5-14(8-13)25-20-22-10-16(21)19(26-20)24-15-7-6-12-11-30-27(29)17(12)9-15/h2-10,29H,1,11H2,(H,23,28)(H2,22,24,25,26).